The van der Waals surface area contributed by atoms with Crippen LogP contribution in [0, 0.1) is 5.92 Å². The van der Waals surface area contributed by atoms with Crippen LogP contribution in [-0.4, -0.2) is 37.5 Å². The number of likely N-dealkylation sites (N-methyl/N-ethyl adjacent to an activating group) is 1. The molecule has 0 atom stereocenters. The van der Waals surface area contributed by atoms with Gasteiger partial charge in [-0.15, -0.1) is 0 Å². The lowest BCUT2D eigenvalue weighted by Gasteiger charge is -2.25. The second-order valence-corrected chi connectivity index (χ2v) is 3.84. The average molecular weight is 184 g/mol. The minimum absolute atomic E-state index is 0.196. The quantitative estimate of drug-likeness (QED) is 0.687. The van der Waals surface area contributed by atoms with Crippen molar-refractivity contribution >= 4 is 5.91 Å². The average Bonchev–Trinajstić information content (AvgIpc) is 2.07. The molecule has 0 radical (unpaired) electrons. The van der Waals surface area contributed by atoms with E-state index in [0.717, 1.165) is 19.0 Å². The van der Waals surface area contributed by atoms with Crippen LogP contribution < -0.4 is 5.32 Å². The van der Waals surface area contributed by atoms with E-state index in [1.165, 1.54) is 19.3 Å². The van der Waals surface area contributed by atoms with Crippen LogP contribution in [0.3, 0.4) is 0 Å². The number of nitrogens with zero attached hydrogens (tertiary/aromatic N) is 1. The topological polar surface area (TPSA) is 32.3 Å². The van der Waals surface area contributed by atoms with E-state index in [1.54, 1.807) is 4.90 Å². The van der Waals surface area contributed by atoms with Crippen molar-refractivity contribution in [1.29, 1.82) is 0 Å². The van der Waals surface area contributed by atoms with Gasteiger partial charge in [-0.2, -0.15) is 0 Å². The summed E-state index contributed by atoms with van der Waals surface area (Å²) in [6, 6.07) is 0. The number of amides is 1. The molecule has 0 unspecified atom stereocenters. The lowest BCUT2D eigenvalue weighted by atomic mass is 9.85. The molecule has 1 rings (SSSR count). The predicted molar refractivity (Wildman–Crippen MR) is 53.5 cm³/mol. The zero-order chi connectivity index (χ0) is 9.68. The lowest BCUT2D eigenvalue weighted by molar-refractivity contribution is -0.128. The Kier molecular flexibility index (Phi) is 4.22. The highest BCUT2D eigenvalue weighted by molar-refractivity contribution is 5.77. The largest absolute Gasteiger partial charge is 0.345 e. The molecule has 0 bridgehead atoms. The van der Waals surface area contributed by atoms with E-state index in [2.05, 4.69) is 5.32 Å². The molecule has 0 aromatic heterocycles. The summed E-state index contributed by atoms with van der Waals surface area (Å²) in [5.41, 5.74) is 0. The maximum Gasteiger partial charge on any atom is 0.236 e. The van der Waals surface area contributed by atoms with Gasteiger partial charge in [-0.05, 0) is 32.2 Å². The molecule has 0 saturated heterocycles. The Bertz CT molecular complexity index is 166. The molecule has 76 valence electrons. The van der Waals surface area contributed by atoms with E-state index in [0.29, 0.717) is 6.54 Å². The molecular weight excluding hydrogens is 164 g/mol. The second-order valence-electron chi connectivity index (χ2n) is 3.84. The number of hydrogen-bond acceptors (Lipinski definition) is 2. The first-order valence-electron chi connectivity index (χ1n) is 5.18. The number of carbonyl (C=O) groups excluding carboxylic acids is 1. The first-order chi connectivity index (χ1) is 6.24. The fourth-order valence-electron chi connectivity index (χ4n) is 1.39. The van der Waals surface area contributed by atoms with E-state index in [9.17, 15) is 4.79 Å². The summed E-state index contributed by atoms with van der Waals surface area (Å²) in [4.78, 5) is 13.1. The molecular formula is C10H20N2O. The Hall–Kier alpha value is -0.570. The fraction of sp³-hybridized carbons (Fsp3) is 0.900. The molecule has 0 spiro atoms. The van der Waals surface area contributed by atoms with Gasteiger partial charge >= 0.3 is 0 Å². The van der Waals surface area contributed by atoms with Gasteiger partial charge in [0.25, 0.3) is 0 Å². The lowest BCUT2D eigenvalue weighted by Crippen LogP contribution is -2.38. The molecule has 0 aliphatic heterocycles. The Morgan fingerprint density at radius 3 is 2.69 bits per heavy atom. The Morgan fingerprint density at radius 1 is 1.54 bits per heavy atom. The van der Waals surface area contributed by atoms with Crippen molar-refractivity contribution in [1.82, 2.24) is 10.2 Å². The Balaban J connectivity index is 2.00. The van der Waals surface area contributed by atoms with Gasteiger partial charge in [0.2, 0.25) is 5.91 Å². The van der Waals surface area contributed by atoms with Gasteiger partial charge < -0.3 is 10.2 Å². The molecule has 1 aliphatic rings. The standard InChI is InChI=1S/C10H20N2O/c1-3-12(2)10(13)8-11-7-9-5-4-6-9/h9,11H,3-8H2,1-2H3. The minimum atomic E-state index is 0.196. The zero-order valence-corrected chi connectivity index (χ0v) is 8.68. The third kappa shape index (κ3) is 3.35. The van der Waals surface area contributed by atoms with Crippen LogP contribution in [0.15, 0.2) is 0 Å². The van der Waals surface area contributed by atoms with Crippen LogP contribution in [-0.2, 0) is 4.79 Å². The van der Waals surface area contributed by atoms with Crippen LogP contribution in [0.5, 0.6) is 0 Å². The summed E-state index contributed by atoms with van der Waals surface area (Å²) < 4.78 is 0. The third-order valence-electron chi connectivity index (χ3n) is 2.83. The van der Waals surface area contributed by atoms with E-state index in [4.69, 9.17) is 0 Å². The Labute approximate surface area is 80.5 Å². The van der Waals surface area contributed by atoms with E-state index in [-0.39, 0.29) is 5.91 Å². The maximum atomic E-state index is 11.3. The van der Waals surface area contributed by atoms with Crippen LogP contribution >= 0.6 is 0 Å². The van der Waals surface area contributed by atoms with Crippen LogP contribution in [0.25, 0.3) is 0 Å². The maximum absolute atomic E-state index is 11.3. The monoisotopic (exact) mass is 184 g/mol. The summed E-state index contributed by atoms with van der Waals surface area (Å²) in [6.45, 7) is 4.30. The van der Waals surface area contributed by atoms with Gasteiger partial charge in [-0.1, -0.05) is 6.42 Å². The molecule has 0 aromatic carbocycles. The second kappa shape index (κ2) is 5.22. The van der Waals surface area contributed by atoms with Gasteiger partial charge in [0.05, 0.1) is 6.54 Å². The van der Waals surface area contributed by atoms with Crippen molar-refractivity contribution in [3.8, 4) is 0 Å². The summed E-state index contributed by atoms with van der Waals surface area (Å²) in [7, 11) is 1.84. The highest BCUT2D eigenvalue weighted by Gasteiger charge is 2.17. The van der Waals surface area contributed by atoms with E-state index >= 15 is 0 Å². The molecule has 1 saturated carbocycles. The van der Waals surface area contributed by atoms with Crippen molar-refractivity contribution < 1.29 is 4.79 Å². The van der Waals surface area contributed by atoms with Gasteiger partial charge in [0, 0.05) is 13.6 Å². The molecule has 1 amide bonds. The van der Waals surface area contributed by atoms with Gasteiger partial charge in [0.15, 0.2) is 0 Å². The molecule has 1 aliphatic carbocycles. The highest BCUT2D eigenvalue weighted by Crippen LogP contribution is 2.24. The minimum Gasteiger partial charge on any atom is -0.345 e. The van der Waals surface area contributed by atoms with Gasteiger partial charge in [0.1, 0.15) is 0 Å². The molecule has 1 N–H and O–H groups in total. The smallest absolute Gasteiger partial charge is 0.236 e. The first kappa shape index (κ1) is 10.5. The normalized spacial score (nSPS) is 16.8. The summed E-state index contributed by atoms with van der Waals surface area (Å²) in [5, 5.41) is 3.21. The molecule has 0 aromatic rings. The Morgan fingerprint density at radius 2 is 2.23 bits per heavy atom. The fourth-order valence-corrected chi connectivity index (χ4v) is 1.39. The van der Waals surface area contributed by atoms with Crippen LogP contribution in [0.4, 0.5) is 0 Å². The van der Waals surface area contributed by atoms with Crippen molar-refractivity contribution in [3.63, 3.8) is 0 Å². The number of nitrogens with one attached hydrogen (secondary N) is 1. The SMILES string of the molecule is CCN(C)C(=O)CNCC1CCC1. The van der Waals surface area contributed by atoms with Crippen molar-refractivity contribution in [3.05, 3.63) is 0 Å². The summed E-state index contributed by atoms with van der Waals surface area (Å²) in [5.74, 6) is 1.03. The highest BCUT2D eigenvalue weighted by atomic mass is 16.2. The summed E-state index contributed by atoms with van der Waals surface area (Å²) in [6.07, 6.45) is 4.05. The third-order valence-corrected chi connectivity index (χ3v) is 2.83. The van der Waals surface area contributed by atoms with Crippen molar-refractivity contribution in [2.24, 2.45) is 5.92 Å². The van der Waals surface area contributed by atoms with Crippen LogP contribution in [0.1, 0.15) is 26.2 Å². The first-order valence-corrected chi connectivity index (χ1v) is 5.18. The van der Waals surface area contributed by atoms with E-state index in [1.807, 2.05) is 14.0 Å². The molecule has 0 heterocycles. The molecule has 3 nitrogen and oxygen atoms in total. The van der Waals surface area contributed by atoms with E-state index < -0.39 is 0 Å². The summed E-state index contributed by atoms with van der Waals surface area (Å²) >= 11 is 0. The zero-order valence-electron chi connectivity index (χ0n) is 8.68. The van der Waals surface area contributed by atoms with Crippen molar-refractivity contribution in [2.45, 2.75) is 26.2 Å². The number of carbonyl (C=O) groups is 1. The number of rotatable bonds is 5. The molecule has 13 heavy (non-hydrogen) atoms. The predicted octanol–water partition coefficient (Wildman–Crippen LogP) is 0.854. The van der Waals surface area contributed by atoms with Crippen LogP contribution in [0.2, 0.25) is 0 Å². The van der Waals surface area contributed by atoms with Gasteiger partial charge in [-0.3, -0.25) is 4.79 Å². The van der Waals surface area contributed by atoms with Crippen molar-refractivity contribution in [2.75, 3.05) is 26.7 Å². The number of hydrogen-bond donors (Lipinski definition) is 1. The molecule has 3 heteroatoms. The molecule has 1 fully saturated rings. The van der Waals surface area contributed by atoms with Gasteiger partial charge in [-0.25, -0.2) is 0 Å².